The third-order valence-electron chi connectivity index (χ3n) is 2.99. The molecule has 1 rings (SSSR count). The van der Waals surface area contributed by atoms with Gasteiger partial charge in [0.1, 0.15) is 5.82 Å². The zero-order chi connectivity index (χ0) is 14.3. The lowest BCUT2D eigenvalue weighted by atomic mass is 10.1. The Labute approximate surface area is 115 Å². The largest absolute Gasteiger partial charge is 0.383 e. The number of nitrogens with zero attached hydrogens (tertiary/aromatic N) is 1. The number of ether oxygens (including phenoxy) is 1. The fourth-order valence-electron chi connectivity index (χ4n) is 2.15. The first kappa shape index (κ1) is 16.1. The molecular formula is C15H25FN2O. The molecule has 3 nitrogen and oxygen atoms in total. The summed E-state index contributed by atoms with van der Waals surface area (Å²) in [5.74, 6) is 0.316. The van der Waals surface area contributed by atoms with Gasteiger partial charge in [0.25, 0.3) is 0 Å². The molecule has 0 aromatic heterocycles. The smallest absolute Gasteiger partial charge is 0.128 e. The predicted molar refractivity (Wildman–Crippen MR) is 76.5 cm³/mol. The highest BCUT2D eigenvalue weighted by Crippen LogP contribution is 2.16. The van der Waals surface area contributed by atoms with Crippen LogP contribution in [0.2, 0.25) is 0 Å². The molecule has 0 aliphatic carbocycles. The van der Waals surface area contributed by atoms with E-state index in [1.807, 2.05) is 6.07 Å². The zero-order valence-electron chi connectivity index (χ0n) is 12.1. The second-order valence-electron chi connectivity index (χ2n) is 5.27. The van der Waals surface area contributed by atoms with Crippen molar-refractivity contribution in [3.05, 3.63) is 35.6 Å². The van der Waals surface area contributed by atoms with Crippen LogP contribution in [-0.2, 0) is 4.74 Å². The second kappa shape index (κ2) is 8.25. The molecule has 0 amide bonds. The van der Waals surface area contributed by atoms with Crippen molar-refractivity contribution in [2.45, 2.75) is 19.9 Å². The van der Waals surface area contributed by atoms with E-state index < -0.39 is 0 Å². The summed E-state index contributed by atoms with van der Waals surface area (Å²) in [5.41, 5.74) is 6.70. The molecule has 108 valence electrons. The molecule has 4 heteroatoms. The fraction of sp³-hybridized carbons (Fsp3) is 0.600. The molecule has 0 spiro atoms. The van der Waals surface area contributed by atoms with Crippen LogP contribution >= 0.6 is 0 Å². The highest BCUT2D eigenvalue weighted by molar-refractivity contribution is 5.21. The molecule has 0 bridgehead atoms. The van der Waals surface area contributed by atoms with Crippen molar-refractivity contribution in [1.29, 1.82) is 0 Å². The summed E-state index contributed by atoms with van der Waals surface area (Å²) in [6, 6.07) is 6.40. The zero-order valence-corrected chi connectivity index (χ0v) is 12.1. The van der Waals surface area contributed by atoms with Gasteiger partial charge >= 0.3 is 0 Å². The van der Waals surface area contributed by atoms with Crippen molar-refractivity contribution in [1.82, 2.24) is 4.90 Å². The first-order valence-electron chi connectivity index (χ1n) is 6.76. The lowest BCUT2D eigenvalue weighted by molar-refractivity contribution is 0.135. The van der Waals surface area contributed by atoms with Crippen LogP contribution in [0.5, 0.6) is 0 Å². The van der Waals surface area contributed by atoms with Crippen LogP contribution in [-0.4, -0.2) is 38.3 Å². The second-order valence-corrected chi connectivity index (χ2v) is 5.27. The normalized spacial score (nSPS) is 13.2. The lowest BCUT2D eigenvalue weighted by Gasteiger charge is -2.27. The van der Waals surface area contributed by atoms with E-state index in [1.165, 1.54) is 6.07 Å². The van der Waals surface area contributed by atoms with Crippen LogP contribution in [0.3, 0.4) is 0 Å². The van der Waals surface area contributed by atoms with E-state index in [9.17, 15) is 4.39 Å². The minimum absolute atomic E-state index is 0.230. The quantitative estimate of drug-likeness (QED) is 0.787. The van der Waals surface area contributed by atoms with Crippen LogP contribution in [0.1, 0.15) is 25.5 Å². The van der Waals surface area contributed by atoms with Gasteiger partial charge in [-0.25, -0.2) is 4.39 Å². The minimum atomic E-state index is -0.309. The third kappa shape index (κ3) is 5.68. The van der Waals surface area contributed by atoms with Gasteiger partial charge in [-0.15, -0.1) is 0 Å². The van der Waals surface area contributed by atoms with Gasteiger partial charge in [-0.2, -0.15) is 0 Å². The summed E-state index contributed by atoms with van der Waals surface area (Å²) in [6.07, 6.45) is 0. The maximum Gasteiger partial charge on any atom is 0.128 e. The summed E-state index contributed by atoms with van der Waals surface area (Å²) in [6.45, 7) is 7.38. The van der Waals surface area contributed by atoms with Crippen LogP contribution in [0, 0.1) is 11.7 Å². The summed E-state index contributed by atoms with van der Waals surface area (Å²) in [4.78, 5) is 2.23. The summed E-state index contributed by atoms with van der Waals surface area (Å²) < 4.78 is 18.8. The standard InChI is InChI=1S/C15H25FN2O/c1-12(2)10-18(8-9-19-3)11-15(17)13-6-4-5-7-14(13)16/h4-7,12,15H,8-11,17H2,1-3H3. The molecule has 0 fully saturated rings. The van der Waals surface area contributed by atoms with E-state index in [4.69, 9.17) is 10.5 Å². The average molecular weight is 268 g/mol. The van der Waals surface area contributed by atoms with E-state index >= 15 is 0 Å². The Hall–Kier alpha value is -0.970. The number of hydrogen-bond donors (Lipinski definition) is 1. The van der Waals surface area contributed by atoms with Crippen LogP contribution < -0.4 is 5.73 Å². The lowest BCUT2D eigenvalue weighted by Crippen LogP contribution is -2.37. The molecule has 0 heterocycles. The van der Waals surface area contributed by atoms with Crippen molar-refractivity contribution < 1.29 is 9.13 Å². The highest BCUT2D eigenvalue weighted by atomic mass is 19.1. The molecule has 1 aromatic rings. The average Bonchev–Trinajstić information content (AvgIpc) is 2.35. The van der Waals surface area contributed by atoms with E-state index in [0.29, 0.717) is 24.6 Å². The number of methoxy groups -OCH3 is 1. The van der Waals surface area contributed by atoms with Gasteiger partial charge in [-0.05, 0) is 12.0 Å². The van der Waals surface area contributed by atoms with Gasteiger partial charge in [0.2, 0.25) is 0 Å². The highest BCUT2D eigenvalue weighted by Gasteiger charge is 2.16. The molecule has 1 aromatic carbocycles. The molecule has 2 N–H and O–H groups in total. The Balaban J connectivity index is 2.64. The van der Waals surface area contributed by atoms with Crippen molar-refractivity contribution in [3.8, 4) is 0 Å². The maximum atomic E-state index is 13.7. The Morgan fingerprint density at radius 3 is 2.53 bits per heavy atom. The van der Waals surface area contributed by atoms with Crippen molar-refractivity contribution >= 4 is 0 Å². The molecule has 0 aliphatic heterocycles. The van der Waals surface area contributed by atoms with Gasteiger partial charge < -0.3 is 10.5 Å². The molecule has 19 heavy (non-hydrogen) atoms. The predicted octanol–water partition coefficient (Wildman–Crippen LogP) is 2.43. The van der Waals surface area contributed by atoms with Crippen molar-refractivity contribution in [3.63, 3.8) is 0 Å². The van der Waals surface area contributed by atoms with Crippen LogP contribution in [0.15, 0.2) is 24.3 Å². The Morgan fingerprint density at radius 1 is 1.26 bits per heavy atom. The van der Waals surface area contributed by atoms with Crippen molar-refractivity contribution in [2.24, 2.45) is 11.7 Å². The van der Waals surface area contributed by atoms with Crippen LogP contribution in [0.25, 0.3) is 0 Å². The SMILES string of the molecule is COCCN(CC(C)C)CC(N)c1ccccc1F. The number of hydrogen-bond acceptors (Lipinski definition) is 3. The molecule has 1 atom stereocenters. The summed E-state index contributed by atoms with van der Waals surface area (Å²) in [5, 5.41) is 0. The van der Waals surface area contributed by atoms with E-state index in [1.54, 1.807) is 19.2 Å². The molecule has 0 radical (unpaired) electrons. The Bertz CT molecular complexity index is 371. The van der Waals surface area contributed by atoms with Crippen molar-refractivity contribution in [2.75, 3.05) is 33.4 Å². The van der Waals surface area contributed by atoms with E-state index in [2.05, 4.69) is 18.7 Å². The molecule has 1 unspecified atom stereocenters. The molecule has 0 aliphatic rings. The number of benzene rings is 1. The van der Waals surface area contributed by atoms with Gasteiger partial charge in [-0.1, -0.05) is 32.0 Å². The van der Waals surface area contributed by atoms with Gasteiger partial charge in [-0.3, -0.25) is 4.90 Å². The van der Waals surface area contributed by atoms with E-state index in [0.717, 1.165) is 13.1 Å². The van der Waals surface area contributed by atoms with Gasteiger partial charge in [0.15, 0.2) is 0 Å². The van der Waals surface area contributed by atoms with Crippen LogP contribution in [0.4, 0.5) is 4.39 Å². The first-order chi connectivity index (χ1) is 9.04. The molecular weight excluding hydrogens is 243 g/mol. The molecule has 0 saturated carbocycles. The third-order valence-corrected chi connectivity index (χ3v) is 2.99. The van der Waals surface area contributed by atoms with Gasteiger partial charge in [0, 0.05) is 38.3 Å². The Kier molecular flexibility index (Phi) is 6.99. The fourth-order valence-corrected chi connectivity index (χ4v) is 2.15. The summed E-state index contributed by atoms with van der Waals surface area (Å²) in [7, 11) is 1.68. The number of nitrogens with two attached hydrogens (primary N) is 1. The first-order valence-corrected chi connectivity index (χ1v) is 6.76. The molecule has 0 saturated heterocycles. The summed E-state index contributed by atoms with van der Waals surface area (Å²) >= 11 is 0. The van der Waals surface area contributed by atoms with Gasteiger partial charge in [0.05, 0.1) is 6.61 Å². The topological polar surface area (TPSA) is 38.5 Å². The van der Waals surface area contributed by atoms with E-state index in [-0.39, 0.29) is 11.9 Å². The monoisotopic (exact) mass is 268 g/mol. The minimum Gasteiger partial charge on any atom is -0.383 e. The number of halogens is 1. The Morgan fingerprint density at radius 2 is 1.95 bits per heavy atom. The maximum absolute atomic E-state index is 13.7. The number of rotatable bonds is 8.